The van der Waals surface area contributed by atoms with Gasteiger partial charge >= 0.3 is 0 Å². The van der Waals surface area contributed by atoms with Crippen molar-refractivity contribution < 1.29 is 14.4 Å². The summed E-state index contributed by atoms with van der Waals surface area (Å²) in [7, 11) is 1.67. The van der Waals surface area contributed by atoms with Crippen molar-refractivity contribution in [3.63, 3.8) is 0 Å². The van der Waals surface area contributed by atoms with Gasteiger partial charge < -0.3 is 15.5 Å². The number of carbonyl (C=O) groups is 1. The first-order valence-electron chi connectivity index (χ1n) is 11.4. The van der Waals surface area contributed by atoms with Crippen molar-refractivity contribution in [2.45, 2.75) is 26.8 Å². The molecule has 3 aromatic carbocycles. The van der Waals surface area contributed by atoms with Crippen molar-refractivity contribution in [3.05, 3.63) is 92.6 Å². The first-order valence-corrected chi connectivity index (χ1v) is 11.4. The molecule has 36 heavy (non-hydrogen) atoms. The van der Waals surface area contributed by atoms with Crippen LogP contribution in [0.4, 0.5) is 11.4 Å². The molecule has 0 saturated carbocycles. The summed E-state index contributed by atoms with van der Waals surface area (Å²) in [4.78, 5) is 29.6. The fourth-order valence-electron chi connectivity index (χ4n) is 4.31. The zero-order chi connectivity index (χ0) is 26.0. The van der Waals surface area contributed by atoms with Gasteiger partial charge in [0.2, 0.25) is 0 Å². The smallest absolute Gasteiger partial charge is 0.276 e. The lowest BCUT2D eigenvalue weighted by Gasteiger charge is -2.20. The van der Waals surface area contributed by atoms with Gasteiger partial charge in [0.15, 0.2) is 5.43 Å². The number of benzene rings is 3. The van der Waals surface area contributed by atoms with Crippen LogP contribution in [0.3, 0.4) is 0 Å². The molecule has 1 heterocycles. The highest BCUT2D eigenvalue weighted by Crippen LogP contribution is 2.33. The topological polar surface area (TPSA) is 130 Å². The molecule has 1 amide bonds. The van der Waals surface area contributed by atoms with E-state index in [1.807, 2.05) is 38.1 Å². The average molecular weight is 485 g/mol. The number of nitrogens with one attached hydrogen (secondary N) is 2. The number of para-hydroxylation sites is 1. The molecule has 0 fully saturated rings. The molecular weight excluding hydrogens is 456 g/mol. The van der Waals surface area contributed by atoms with Gasteiger partial charge in [-0.05, 0) is 62.7 Å². The van der Waals surface area contributed by atoms with Crippen molar-refractivity contribution in [3.8, 4) is 11.3 Å². The molecule has 1 aromatic heterocycles. The number of aliphatic imine (C=N–C) groups is 1. The van der Waals surface area contributed by atoms with Crippen molar-refractivity contribution in [2.75, 3.05) is 18.1 Å². The summed E-state index contributed by atoms with van der Waals surface area (Å²) >= 11 is 0. The average Bonchev–Trinajstić information content (AvgIpc) is 2.87. The van der Waals surface area contributed by atoms with Crippen LogP contribution in [0.25, 0.3) is 22.3 Å². The van der Waals surface area contributed by atoms with E-state index in [0.29, 0.717) is 39.2 Å². The Morgan fingerprint density at radius 3 is 2.61 bits per heavy atom. The Kier molecular flexibility index (Phi) is 6.89. The Labute approximate surface area is 208 Å². The van der Waals surface area contributed by atoms with Gasteiger partial charge in [-0.1, -0.05) is 18.2 Å². The second kappa shape index (κ2) is 10.1. The summed E-state index contributed by atoms with van der Waals surface area (Å²) in [6, 6.07) is 15.7. The molecule has 4 aromatic rings. The number of amides is 1. The molecule has 0 saturated heterocycles. The lowest BCUT2D eigenvalue weighted by molar-refractivity contribution is 0.0707. The predicted molar refractivity (Wildman–Crippen MR) is 143 cm³/mol. The number of aryl methyl sites for hydroxylation is 1. The van der Waals surface area contributed by atoms with E-state index in [-0.39, 0.29) is 17.0 Å². The number of nitrogen functional groups attached to an aromatic ring is 1. The van der Waals surface area contributed by atoms with E-state index in [2.05, 4.69) is 10.3 Å². The van der Waals surface area contributed by atoms with Gasteiger partial charge in [-0.2, -0.15) is 0 Å². The lowest BCUT2D eigenvalue weighted by Crippen LogP contribution is -2.21. The normalized spacial score (nSPS) is 12.1. The fourth-order valence-corrected chi connectivity index (χ4v) is 4.31. The number of nitrogens with two attached hydrogens (primary N) is 1. The summed E-state index contributed by atoms with van der Waals surface area (Å²) in [5, 5.41) is 12.9. The van der Waals surface area contributed by atoms with Crippen LogP contribution >= 0.6 is 0 Å². The summed E-state index contributed by atoms with van der Waals surface area (Å²) in [5.74, 6) is -0.172. The third-order valence-corrected chi connectivity index (χ3v) is 6.12. The highest BCUT2D eigenvalue weighted by molar-refractivity contribution is 5.99. The monoisotopic (exact) mass is 484 g/mol. The minimum atomic E-state index is -0.626. The van der Waals surface area contributed by atoms with E-state index in [1.165, 1.54) is 0 Å². The van der Waals surface area contributed by atoms with E-state index in [4.69, 9.17) is 15.4 Å². The summed E-state index contributed by atoms with van der Waals surface area (Å²) in [6.45, 7) is 5.58. The maximum atomic E-state index is 13.5. The van der Waals surface area contributed by atoms with Crippen LogP contribution in [-0.2, 0) is 0 Å². The number of hydrogen-bond donors (Lipinski definition) is 4. The molecule has 5 N–H and O–H groups in total. The van der Waals surface area contributed by atoms with Gasteiger partial charge in [0.1, 0.15) is 11.3 Å². The summed E-state index contributed by atoms with van der Waals surface area (Å²) in [5.41, 5.74) is 13.1. The Morgan fingerprint density at radius 2 is 1.89 bits per heavy atom. The minimum Gasteiger partial charge on any atom is -0.455 e. The van der Waals surface area contributed by atoms with Crippen molar-refractivity contribution in [1.29, 1.82) is 0 Å². The number of nitrogens with zero attached hydrogens (tertiary/aromatic N) is 1. The molecule has 1 atom stereocenters. The van der Waals surface area contributed by atoms with Gasteiger partial charge in [-0.25, -0.2) is 5.48 Å². The van der Waals surface area contributed by atoms with Crippen LogP contribution in [0, 0.1) is 13.8 Å². The van der Waals surface area contributed by atoms with E-state index in [1.54, 1.807) is 56.0 Å². The molecule has 0 aliphatic heterocycles. The first kappa shape index (κ1) is 24.7. The van der Waals surface area contributed by atoms with Gasteiger partial charge in [0.05, 0.1) is 17.0 Å². The minimum absolute atomic E-state index is 0.119. The molecule has 0 bridgehead atoms. The molecule has 8 nitrogen and oxygen atoms in total. The zero-order valence-corrected chi connectivity index (χ0v) is 20.5. The van der Waals surface area contributed by atoms with Crippen LogP contribution in [-0.4, -0.2) is 24.4 Å². The SMILES string of the molecule is CN=Cc1cc(-c2oc3c([C@@H](C)Nc4ccccc4C(=O)NO)cc(C)cc3c(=O)c2C)ccc1N. The predicted octanol–water partition coefficient (Wildman–Crippen LogP) is 5.00. The lowest BCUT2D eigenvalue weighted by atomic mass is 9.98. The molecule has 8 heteroatoms. The van der Waals surface area contributed by atoms with Gasteiger partial charge in [-0.3, -0.25) is 19.8 Å². The van der Waals surface area contributed by atoms with E-state index < -0.39 is 5.91 Å². The third-order valence-electron chi connectivity index (χ3n) is 6.12. The largest absolute Gasteiger partial charge is 0.455 e. The zero-order valence-electron chi connectivity index (χ0n) is 20.5. The summed E-state index contributed by atoms with van der Waals surface area (Å²) < 4.78 is 6.43. The molecule has 4 rings (SSSR count). The number of rotatable bonds is 6. The first-order chi connectivity index (χ1) is 17.2. The van der Waals surface area contributed by atoms with Crippen LogP contribution < -0.4 is 22.0 Å². The third kappa shape index (κ3) is 4.58. The number of fused-ring (bicyclic) bond motifs is 1. The van der Waals surface area contributed by atoms with Crippen molar-refractivity contribution >= 4 is 34.5 Å². The van der Waals surface area contributed by atoms with Crippen LogP contribution in [0.15, 0.2) is 68.8 Å². The van der Waals surface area contributed by atoms with Gasteiger partial charge in [0.25, 0.3) is 5.91 Å². The second-order valence-electron chi connectivity index (χ2n) is 8.70. The van der Waals surface area contributed by atoms with Crippen LogP contribution in [0.5, 0.6) is 0 Å². The molecule has 0 aliphatic rings. The number of hydroxylamine groups is 1. The maximum Gasteiger partial charge on any atom is 0.276 e. The Morgan fingerprint density at radius 1 is 1.14 bits per heavy atom. The highest BCUT2D eigenvalue weighted by Gasteiger charge is 2.20. The molecule has 0 spiro atoms. The highest BCUT2D eigenvalue weighted by atomic mass is 16.5. The van der Waals surface area contributed by atoms with Crippen LogP contribution in [0.2, 0.25) is 0 Å². The fraction of sp³-hybridized carbons (Fsp3) is 0.179. The number of hydrogen-bond acceptors (Lipinski definition) is 7. The maximum absolute atomic E-state index is 13.5. The second-order valence-corrected chi connectivity index (χ2v) is 8.70. The van der Waals surface area contributed by atoms with E-state index in [9.17, 15) is 9.59 Å². The standard InChI is InChI=1S/C28H28N4O4/c1-15-11-21(17(3)31-24-8-6-5-7-20(24)28(34)32-35)27-22(12-15)25(33)16(2)26(36-27)18-9-10-23(29)19(13-18)14-30-4/h5-14,17,31,35H,29H2,1-4H3,(H,32,34)/t17-/m1/s1. The molecule has 0 radical (unpaired) electrons. The molecule has 0 unspecified atom stereocenters. The Bertz CT molecular complexity index is 1560. The summed E-state index contributed by atoms with van der Waals surface area (Å²) in [6.07, 6.45) is 1.66. The quantitative estimate of drug-likeness (QED) is 0.132. The van der Waals surface area contributed by atoms with Gasteiger partial charge in [0, 0.05) is 46.9 Å². The van der Waals surface area contributed by atoms with E-state index in [0.717, 1.165) is 16.7 Å². The van der Waals surface area contributed by atoms with E-state index >= 15 is 0 Å². The van der Waals surface area contributed by atoms with Gasteiger partial charge in [-0.15, -0.1) is 0 Å². The Balaban J connectivity index is 1.89. The molecule has 0 aliphatic carbocycles. The number of carbonyl (C=O) groups excluding carboxylic acids is 1. The van der Waals surface area contributed by atoms with Crippen molar-refractivity contribution in [1.82, 2.24) is 5.48 Å². The Hall–Kier alpha value is -4.43. The molecule has 184 valence electrons. The number of anilines is 2. The van der Waals surface area contributed by atoms with Crippen LogP contribution in [0.1, 0.15) is 45.6 Å². The molecular formula is C28H28N4O4. The van der Waals surface area contributed by atoms with Crippen molar-refractivity contribution in [2.24, 2.45) is 4.99 Å².